The Balaban J connectivity index is 1.25. The highest BCUT2D eigenvalue weighted by molar-refractivity contribution is 6.00. The number of hydrogen-bond acceptors (Lipinski definition) is 4. The van der Waals surface area contributed by atoms with Crippen LogP contribution in [0.25, 0.3) is 0 Å². The Morgan fingerprint density at radius 3 is 2.33 bits per heavy atom. The maximum atomic E-state index is 12.6. The van der Waals surface area contributed by atoms with Crippen molar-refractivity contribution in [2.24, 2.45) is 5.92 Å². The highest BCUT2D eigenvalue weighted by Crippen LogP contribution is 2.27. The number of ether oxygens (including phenoxy) is 1. The fourth-order valence-electron chi connectivity index (χ4n) is 4.31. The molecular formula is C29H31N3O4. The van der Waals surface area contributed by atoms with Crippen LogP contribution in [0, 0.1) is 19.8 Å². The van der Waals surface area contributed by atoms with Gasteiger partial charge in [-0.1, -0.05) is 48.5 Å². The van der Waals surface area contributed by atoms with Gasteiger partial charge in [0, 0.05) is 30.9 Å². The average Bonchev–Trinajstić information content (AvgIpc) is 3.27. The third kappa shape index (κ3) is 6.30. The van der Waals surface area contributed by atoms with Gasteiger partial charge in [-0.25, -0.2) is 0 Å². The number of anilines is 2. The van der Waals surface area contributed by atoms with Gasteiger partial charge >= 0.3 is 0 Å². The summed E-state index contributed by atoms with van der Waals surface area (Å²) in [5, 5.41) is 5.85. The predicted octanol–water partition coefficient (Wildman–Crippen LogP) is 4.03. The van der Waals surface area contributed by atoms with Crippen molar-refractivity contribution >= 4 is 29.1 Å². The highest BCUT2D eigenvalue weighted by Gasteiger charge is 2.34. The van der Waals surface area contributed by atoms with Crippen molar-refractivity contribution in [3.63, 3.8) is 0 Å². The number of nitrogens with zero attached hydrogens (tertiary/aromatic N) is 1. The van der Waals surface area contributed by atoms with Crippen LogP contribution in [-0.2, 0) is 20.8 Å². The van der Waals surface area contributed by atoms with E-state index < -0.39 is 0 Å². The van der Waals surface area contributed by atoms with Crippen LogP contribution in [0.4, 0.5) is 11.4 Å². The second-order valence-electron chi connectivity index (χ2n) is 9.03. The largest absolute Gasteiger partial charge is 0.484 e. The summed E-state index contributed by atoms with van der Waals surface area (Å²) in [6.07, 6.45) is 0.939. The lowest BCUT2D eigenvalue weighted by molar-refractivity contribution is -0.126. The number of amides is 3. The summed E-state index contributed by atoms with van der Waals surface area (Å²) in [7, 11) is 0. The smallest absolute Gasteiger partial charge is 0.262 e. The van der Waals surface area contributed by atoms with Crippen LogP contribution < -0.4 is 20.3 Å². The number of hydrogen-bond donors (Lipinski definition) is 2. The Labute approximate surface area is 211 Å². The van der Waals surface area contributed by atoms with E-state index in [1.807, 2.05) is 62.4 Å². The summed E-state index contributed by atoms with van der Waals surface area (Å²) < 4.78 is 5.62. The number of aryl methyl sites for hydroxylation is 2. The van der Waals surface area contributed by atoms with Crippen molar-refractivity contribution in [1.82, 2.24) is 5.32 Å². The molecule has 186 valence electrons. The topological polar surface area (TPSA) is 87.7 Å². The van der Waals surface area contributed by atoms with E-state index in [0.717, 1.165) is 28.8 Å². The normalized spacial score (nSPS) is 15.0. The van der Waals surface area contributed by atoms with E-state index in [0.29, 0.717) is 24.5 Å². The van der Waals surface area contributed by atoms with Crippen LogP contribution in [0.1, 0.15) is 23.1 Å². The number of benzene rings is 3. The highest BCUT2D eigenvalue weighted by atomic mass is 16.5. The van der Waals surface area contributed by atoms with Gasteiger partial charge in [-0.15, -0.1) is 0 Å². The van der Waals surface area contributed by atoms with Crippen molar-refractivity contribution < 1.29 is 19.1 Å². The monoisotopic (exact) mass is 485 g/mol. The molecule has 3 aromatic carbocycles. The zero-order chi connectivity index (χ0) is 25.5. The standard InChI is InChI=1S/C29H31N3O4/c1-20-7-6-8-21(2)28(20)31-26(33)19-36-25-13-11-24(12-14-25)32-18-23(17-27(32)34)29(35)30-16-15-22-9-4-3-5-10-22/h3-14,23H,15-19H2,1-2H3,(H,30,35)(H,31,33)/t23-/m1/s1. The molecule has 4 rings (SSSR count). The summed E-state index contributed by atoms with van der Waals surface area (Å²) in [5.41, 5.74) is 4.64. The van der Waals surface area contributed by atoms with Gasteiger partial charge in [-0.2, -0.15) is 0 Å². The van der Waals surface area contributed by atoms with Crippen molar-refractivity contribution in [2.45, 2.75) is 26.7 Å². The molecule has 0 unspecified atom stereocenters. The third-order valence-electron chi connectivity index (χ3n) is 6.32. The SMILES string of the molecule is Cc1cccc(C)c1NC(=O)COc1ccc(N2C[C@H](C(=O)NCCc3ccccc3)CC2=O)cc1. The van der Waals surface area contributed by atoms with E-state index >= 15 is 0 Å². The number of nitrogens with one attached hydrogen (secondary N) is 2. The molecule has 1 atom stereocenters. The summed E-state index contributed by atoms with van der Waals surface area (Å²) in [5.74, 6) is -0.279. The fourth-order valence-corrected chi connectivity index (χ4v) is 4.31. The Kier molecular flexibility index (Phi) is 8.00. The minimum absolute atomic E-state index is 0.0835. The first-order chi connectivity index (χ1) is 17.4. The summed E-state index contributed by atoms with van der Waals surface area (Å²) in [4.78, 5) is 39.1. The molecule has 0 aromatic heterocycles. The van der Waals surface area contributed by atoms with Gasteiger partial charge in [0.15, 0.2) is 6.61 Å². The molecule has 3 aromatic rings. The Bertz CT molecular complexity index is 1200. The first-order valence-electron chi connectivity index (χ1n) is 12.1. The second kappa shape index (κ2) is 11.5. The molecule has 1 aliphatic rings. The quantitative estimate of drug-likeness (QED) is 0.479. The molecule has 1 aliphatic heterocycles. The molecule has 0 bridgehead atoms. The van der Waals surface area contributed by atoms with Crippen molar-refractivity contribution in [2.75, 3.05) is 29.9 Å². The molecule has 1 saturated heterocycles. The van der Waals surface area contributed by atoms with Crippen molar-refractivity contribution in [3.8, 4) is 5.75 Å². The molecule has 1 heterocycles. The maximum Gasteiger partial charge on any atom is 0.262 e. The molecule has 1 fully saturated rings. The first-order valence-corrected chi connectivity index (χ1v) is 12.1. The number of para-hydroxylation sites is 1. The summed E-state index contributed by atoms with van der Waals surface area (Å²) in [6, 6.07) is 22.8. The summed E-state index contributed by atoms with van der Waals surface area (Å²) >= 11 is 0. The van der Waals surface area contributed by atoms with E-state index in [2.05, 4.69) is 10.6 Å². The lowest BCUT2D eigenvalue weighted by Gasteiger charge is -2.17. The Morgan fingerprint density at radius 1 is 0.944 bits per heavy atom. The third-order valence-corrected chi connectivity index (χ3v) is 6.32. The van der Waals surface area contributed by atoms with E-state index in [-0.39, 0.29) is 36.7 Å². The molecular weight excluding hydrogens is 454 g/mol. The van der Waals surface area contributed by atoms with Gasteiger partial charge in [-0.3, -0.25) is 14.4 Å². The van der Waals surface area contributed by atoms with Crippen molar-refractivity contribution in [3.05, 3.63) is 89.5 Å². The van der Waals surface area contributed by atoms with Gasteiger partial charge in [0.25, 0.3) is 5.91 Å². The Morgan fingerprint density at radius 2 is 1.64 bits per heavy atom. The van der Waals surface area contributed by atoms with Gasteiger partial charge in [0.05, 0.1) is 5.92 Å². The lowest BCUT2D eigenvalue weighted by atomic mass is 10.1. The molecule has 0 radical (unpaired) electrons. The van der Waals surface area contributed by atoms with Crippen LogP contribution in [0.2, 0.25) is 0 Å². The minimum Gasteiger partial charge on any atom is -0.484 e. The van der Waals surface area contributed by atoms with E-state index in [1.54, 1.807) is 29.2 Å². The molecule has 2 N–H and O–H groups in total. The predicted molar refractivity (Wildman–Crippen MR) is 140 cm³/mol. The molecule has 0 aliphatic carbocycles. The number of carbonyl (C=O) groups is 3. The molecule has 7 heteroatoms. The fraction of sp³-hybridized carbons (Fsp3) is 0.276. The molecule has 36 heavy (non-hydrogen) atoms. The number of carbonyl (C=O) groups excluding carboxylic acids is 3. The second-order valence-corrected chi connectivity index (χ2v) is 9.03. The van der Waals surface area contributed by atoms with Gasteiger partial charge in [0.1, 0.15) is 5.75 Å². The van der Waals surface area contributed by atoms with E-state index in [4.69, 9.17) is 4.74 Å². The van der Waals surface area contributed by atoms with Gasteiger partial charge < -0.3 is 20.3 Å². The zero-order valence-corrected chi connectivity index (χ0v) is 20.6. The van der Waals surface area contributed by atoms with Crippen molar-refractivity contribution in [1.29, 1.82) is 0 Å². The average molecular weight is 486 g/mol. The maximum absolute atomic E-state index is 12.6. The van der Waals surface area contributed by atoms with Crippen LogP contribution in [0.3, 0.4) is 0 Å². The molecule has 0 saturated carbocycles. The van der Waals surface area contributed by atoms with Crippen LogP contribution in [0.15, 0.2) is 72.8 Å². The van der Waals surface area contributed by atoms with E-state index in [9.17, 15) is 14.4 Å². The van der Waals surface area contributed by atoms with Gasteiger partial charge in [0.2, 0.25) is 11.8 Å². The lowest BCUT2D eigenvalue weighted by Crippen LogP contribution is -2.34. The molecule has 3 amide bonds. The molecule has 7 nitrogen and oxygen atoms in total. The minimum atomic E-state index is -0.377. The van der Waals surface area contributed by atoms with Crippen LogP contribution >= 0.6 is 0 Å². The molecule has 0 spiro atoms. The van der Waals surface area contributed by atoms with E-state index in [1.165, 1.54) is 0 Å². The Hall–Kier alpha value is -4.13. The first kappa shape index (κ1) is 25.0. The van der Waals surface area contributed by atoms with Gasteiger partial charge in [-0.05, 0) is 61.2 Å². The van der Waals surface area contributed by atoms with Crippen LogP contribution in [0.5, 0.6) is 5.75 Å². The summed E-state index contributed by atoms with van der Waals surface area (Å²) in [6.45, 7) is 4.65. The van der Waals surface area contributed by atoms with Crippen LogP contribution in [-0.4, -0.2) is 37.4 Å². The zero-order valence-electron chi connectivity index (χ0n) is 20.6. The number of rotatable bonds is 9.